The average molecular weight is 879 g/mol. The number of hydrogen-bond acceptors (Lipinski definition) is 2. The molecule has 0 amide bonds. The van der Waals surface area contributed by atoms with Gasteiger partial charge in [-0.25, -0.2) is 0 Å². The second kappa shape index (κ2) is 24.6. The summed E-state index contributed by atoms with van der Waals surface area (Å²) in [4.78, 5) is 0. The highest BCUT2D eigenvalue weighted by Gasteiger charge is 2.51. The van der Waals surface area contributed by atoms with Crippen LogP contribution in [0.2, 0.25) is 0 Å². The zero-order valence-corrected chi connectivity index (χ0v) is 40.7. The van der Waals surface area contributed by atoms with E-state index in [9.17, 15) is 0 Å². The number of rotatable bonds is 4. The Morgan fingerprint density at radius 3 is 1.42 bits per heavy atom. The Morgan fingerprint density at radius 2 is 0.955 bits per heavy atom. The molecule has 0 unspecified atom stereocenters. The van der Waals surface area contributed by atoms with Crippen molar-refractivity contribution in [1.29, 1.82) is 0 Å². The largest absolute Gasteiger partial charge is 0.508 e. The normalized spacial score (nSPS) is 12.1. The number of aromatic hydroxyl groups is 1. The lowest BCUT2D eigenvalue weighted by Crippen LogP contribution is -2.25. The molecule has 1 N–H and O–H groups in total. The fourth-order valence-electron chi connectivity index (χ4n) is 8.72. The number of allylic oxidation sites excluding steroid dienone is 8. The minimum absolute atomic E-state index is 0.305. The van der Waals surface area contributed by atoms with E-state index in [1.807, 2.05) is 110 Å². The summed E-state index contributed by atoms with van der Waals surface area (Å²) >= 11 is 0. The van der Waals surface area contributed by atoms with Gasteiger partial charge in [0.2, 0.25) is 0 Å². The minimum atomic E-state index is -0.305. The number of benzene rings is 7. The highest BCUT2D eigenvalue weighted by molar-refractivity contribution is 5.96. The summed E-state index contributed by atoms with van der Waals surface area (Å²) in [6.07, 6.45) is 17.3. The van der Waals surface area contributed by atoms with Crippen molar-refractivity contribution in [2.24, 2.45) is 0 Å². The lowest BCUT2D eigenvalue weighted by Gasteiger charge is -2.30. The molecule has 1 aromatic heterocycles. The number of aryl methyl sites for hydroxylation is 1. The Kier molecular flexibility index (Phi) is 18.4. The van der Waals surface area contributed by atoms with Gasteiger partial charge in [-0.15, -0.1) is 6.58 Å². The summed E-state index contributed by atoms with van der Waals surface area (Å²) in [5.74, 6) is 0.338. The van der Waals surface area contributed by atoms with Crippen molar-refractivity contribution in [2.75, 3.05) is 0 Å². The number of phenols is 1. The summed E-state index contributed by atoms with van der Waals surface area (Å²) in [6.45, 7) is 26.9. The minimum Gasteiger partial charge on any atom is -0.508 e. The second-order valence-electron chi connectivity index (χ2n) is 15.7. The molecule has 0 aliphatic heterocycles. The smallest absolute Gasteiger partial charge is 0.135 e. The maximum atomic E-state index is 8.81. The van der Waals surface area contributed by atoms with Crippen molar-refractivity contribution in [3.05, 3.63) is 258 Å². The quantitative estimate of drug-likeness (QED) is 0.141. The van der Waals surface area contributed by atoms with Gasteiger partial charge in [-0.05, 0) is 156 Å². The van der Waals surface area contributed by atoms with Gasteiger partial charge in [-0.2, -0.15) is 0 Å². The topological polar surface area (TPSA) is 33.4 Å². The average Bonchev–Trinajstić information content (AvgIpc) is 3.97. The molecule has 7 aromatic carbocycles. The van der Waals surface area contributed by atoms with Crippen LogP contribution in [0.5, 0.6) is 5.75 Å². The first-order chi connectivity index (χ1) is 32.7. The molecule has 8 aromatic rings. The third kappa shape index (κ3) is 10.9. The Labute approximate surface area is 400 Å². The molecule has 2 aliphatic carbocycles. The third-order valence-corrected chi connectivity index (χ3v) is 11.4. The zero-order valence-electron chi connectivity index (χ0n) is 40.7. The van der Waals surface area contributed by atoms with Crippen molar-refractivity contribution < 1.29 is 9.52 Å². The van der Waals surface area contributed by atoms with Gasteiger partial charge in [-0.1, -0.05) is 197 Å². The van der Waals surface area contributed by atoms with E-state index in [2.05, 4.69) is 153 Å². The van der Waals surface area contributed by atoms with Crippen molar-refractivity contribution in [3.8, 4) is 50.3 Å². The monoisotopic (exact) mass is 879 g/mol. The SMILES string of the molecule is C/C=C\C=C/C.C=C/C=C\C.C=CC.C=c1/c(=C\C)oc2ccc(-c3cccc(-c4ccc5c(c4)-c4ccccc4C54c5ccccc5-c5ccccc54)c3)cc12.CC.Cc1cccc(O)c1. The van der Waals surface area contributed by atoms with E-state index in [4.69, 9.17) is 9.52 Å². The van der Waals surface area contributed by atoms with Gasteiger partial charge in [0.05, 0.1) is 5.41 Å². The van der Waals surface area contributed by atoms with E-state index < -0.39 is 0 Å². The fraction of sp³-hybridized carbons (Fsp3) is 0.138. The molecule has 0 bridgehead atoms. The van der Waals surface area contributed by atoms with Crippen LogP contribution in [0.4, 0.5) is 0 Å². The van der Waals surface area contributed by atoms with E-state index in [0.717, 1.165) is 32.7 Å². The number of hydrogen-bond donors (Lipinski definition) is 1. The van der Waals surface area contributed by atoms with Crippen LogP contribution in [0.15, 0.2) is 224 Å². The summed E-state index contributed by atoms with van der Waals surface area (Å²) in [6, 6.07) is 56.4. The van der Waals surface area contributed by atoms with Crippen LogP contribution >= 0.6 is 0 Å². The molecule has 67 heavy (non-hydrogen) atoms. The molecule has 1 heterocycles. The van der Waals surface area contributed by atoms with Crippen LogP contribution < -0.4 is 10.6 Å². The lowest BCUT2D eigenvalue weighted by atomic mass is 9.70. The van der Waals surface area contributed by atoms with Crippen LogP contribution in [0, 0.1) is 6.92 Å². The molecule has 10 rings (SSSR count). The van der Waals surface area contributed by atoms with E-state index >= 15 is 0 Å². The van der Waals surface area contributed by atoms with Crippen LogP contribution in [-0.4, -0.2) is 5.11 Å². The van der Waals surface area contributed by atoms with E-state index in [-0.39, 0.29) is 5.41 Å². The van der Waals surface area contributed by atoms with E-state index in [0.29, 0.717) is 5.75 Å². The molecule has 0 fully saturated rings. The molecule has 0 saturated heterocycles. The molecule has 2 nitrogen and oxygen atoms in total. The Morgan fingerprint density at radius 1 is 0.493 bits per heavy atom. The molecule has 338 valence electrons. The van der Waals surface area contributed by atoms with Gasteiger partial charge < -0.3 is 9.52 Å². The van der Waals surface area contributed by atoms with Gasteiger partial charge in [0, 0.05) is 10.6 Å². The Bertz CT molecular complexity index is 3060. The van der Waals surface area contributed by atoms with Gasteiger partial charge >= 0.3 is 0 Å². The molecule has 0 saturated carbocycles. The number of fused-ring (bicyclic) bond motifs is 11. The molecule has 2 aliphatic rings. The number of furan rings is 1. The summed E-state index contributed by atoms with van der Waals surface area (Å²) in [5.41, 5.74) is 18.0. The first-order valence-corrected chi connectivity index (χ1v) is 23.2. The highest BCUT2D eigenvalue weighted by atomic mass is 16.3. The van der Waals surface area contributed by atoms with Crippen LogP contribution in [0.25, 0.3) is 68.1 Å². The summed E-state index contributed by atoms with van der Waals surface area (Å²) in [5, 5.41) is 10.8. The lowest BCUT2D eigenvalue weighted by molar-refractivity contribution is 0.475. The van der Waals surface area contributed by atoms with Crippen LogP contribution in [0.1, 0.15) is 76.3 Å². The first kappa shape index (κ1) is 50.3. The molecule has 2 heteroatoms. The van der Waals surface area contributed by atoms with Gasteiger partial charge in [0.1, 0.15) is 16.7 Å². The van der Waals surface area contributed by atoms with Crippen molar-refractivity contribution in [2.45, 2.75) is 60.8 Å². The predicted molar refractivity (Wildman–Crippen MR) is 293 cm³/mol. The van der Waals surface area contributed by atoms with Crippen LogP contribution in [0.3, 0.4) is 0 Å². The molecule has 0 radical (unpaired) electrons. The first-order valence-electron chi connectivity index (χ1n) is 23.2. The highest BCUT2D eigenvalue weighted by Crippen LogP contribution is 2.62. The Balaban J connectivity index is 0.000000290. The third-order valence-electron chi connectivity index (χ3n) is 11.4. The van der Waals surface area contributed by atoms with Gasteiger partial charge in [-0.3, -0.25) is 0 Å². The molecule has 0 atom stereocenters. The van der Waals surface area contributed by atoms with Crippen molar-refractivity contribution >= 4 is 23.6 Å². The zero-order chi connectivity index (χ0) is 48.3. The van der Waals surface area contributed by atoms with Gasteiger partial charge in [0.15, 0.2) is 0 Å². The standard InChI is InChI=1S/C42H28O.C7H8O.C6H10.C5H8.C3H6.C2H6/c1-3-40-26(2)34-24-30(20-22-41(34)43-40)28-12-10-11-27(23-28)29-19-21-39-35(25-29)33-15-6-9-18-38(33)42(39)36-16-7-4-13-31(36)32-14-5-8-17-37(32)42;1-6-3-2-4-7(8)5-6;1-3-5-6-4-2;1-3-5-4-2;1-3-2;1-2/h3-25H,2H2,1H3;2-5,8H,1H3;3-6H,1-2H3;3-5H,1H2,2H3;3H,1H2,2H3;1-2H3/b40-3+;;5-3-,6-4-;5-4-;;. The number of phenolic OH excluding ortho intramolecular Hbond substituents is 1. The summed E-state index contributed by atoms with van der Waals surface area (Å²) < 4.78 is 5.97. The molecular formula is C65H66O2. The van der Waals surface area contributed by atoms with Crippen molar-refractivity contribution in [1.82, 2.24) is 0 Å². The molecule has 1 spiro atoms. The Hall–Kier alpha value is -7.68. The maximum Gasteiger partial charge on any atom is 0.135 e. The molecular weight excluding hydrogens is 813 g/mol. The second-order valence-corrected chi connectivity index (χ2v) is 15.7. The predicted octanol–water partition coefficient (Wildman–Crippen LogP) is 17.1. The van der Waals surface area contributed by atoms with E-state index in [1.165, 1.54) is 61.2 Å². The van der Waals surface area contributed by atoms with Crippen molar-refractivity contribution in [3.63, 3.8) is 0 Å². The van der Waals surface area contributed by atoms with Gasteiger partial charge in [0.25, 0.3) is 0 Å². The summed E-state index contributed by atoms with van der Waals surface area (Å²) in [7, 11) is 0. The van der Waals surface area contributed by atoms with Crippen LogP contribution in [-0.2, 0) is 5.41 Å². The van der Waals surface area contributed by atoms with E-state index in [1.54, 1.807) is 24.3 Å². The fourth-order valence-corrected chi connectivity index (χ4v) is 8.72. The maximum absolute atomic E-state index is 8.81.